The van der Waals surface area contributed by atoms with E-state index in [2.05, 4.69) is 0 Å². The van der Waals surface area contributed by atoms with Crippen LogP contribution in [0.4, 0.5) is 0 Å². The van der Waals surface area contributed by atoms with Gasteiger partial charge >= 0.3 is 0 Å². The molecule has 4 nitrogen and oxygen atoms in total. The highest BCUT2D eigenvalue weighted by Crippen LogP contribution is 2.17. The smallest absolute Gasteiger partial charge is 0.250 e. The Bertz CT molecular complexity index is 182. The molecule has 5 heteroatoms. The molecule has 1 aliphatic rings. The number of rotatable bonds is 1. The first-order valence-electron chi connectivity index (χ1n) is 3.15. The van der Waals surface area contributed by atoms with Gasteiger partial charge in [0.1, 0.15) is 11.0 Å². The standard InChI is InChI=1S/C5H10N2O2S/c1-2-4-3-5(8)7(6)10(4)9/h4H,2-3,6H2,1H3. The van der Waals surface area contributed by atoms with Crippen molar-refractivity contribution in [1.82, 2.24) is 4.41 Å². The van der Waals surface area contributed by atoms with E-state index in [0.29, 0.717) is 6.42 Å². The summed E-state index contributed by atoms with van der Waals surface area (Å²) in [6.45, 7) is 1.90. The number of carbonyl (C=O) groups is 1. The van der Waals surface area contributed by atoms with Crippen LogP contribution in [-0.2, 0) is 15.8 Å². The Balaban J connectivity index is 2.71. The highest BCUT2D eigenvalue weighted by Gasteiger charge is 2.34. The lowest BCUT2D eigenvalue weighted by molar-refractivity contribution is -0.125. The second kappa shape index (κ2) is 2.67. The molecule has 2 atom stereocenters. The van der Waals surface area contributed by atoms with E-state index in [1.54, 1.807) is 0 Å². The Morgan fingerprint density at radius 1 is 1.90 bits per heavy atom. The van der Waals surface area contributed by atoms with Crippen LogP contribution >= 0.6 is 0 Å². The molecule has 1 heterocycles. The van der Waals surface area contributed by atoms with E-state index in [-0.39, 0.29) is 11.2 Å². The van der Waals surface area contributed by atoms with Crippen LogP contribution in [0, 0.1) is 0 Å². The summed E-state index contributed by atoms with van der Waals surface area (Å²) in [5, 5.41) is -0.0579. The van der Waals surface area contributed by atoms with Crippen LogP contribution < -0.4 is 5.84 Å². The number of hydrazine groups is 1. The van der Waals surface area contributed by atoms with Crippen LogP contribution in [0.15, 0.2) is 0 Å². The minimum Gasteiger partial charge on any atom is -0.272 e. The minimum atomic E-state index is -1.27. The van der Waals surface area contributed by atoms with Crippen LogP contribution in [0.25, 0.3) is 0 Å². The van der Waals surface area contributed by atoms with E-state index in [1.807, 2.05) is 6.92 Å². The molecule has 0 aromatic rings. The maximum absolute atomic E-state index is 11.0. The molecule has 58 valence electrons. The van der Waals surface area contributed by atoms with Gasteiger partial charge in [0.15, 0.2) is 0 Å². The van der Waals surface area contributed by atoms with Crippen molar-refractivity contribution in [2.45, 2.75) is 25.0 Å². The lowest BCUT2D eigenvalue weighted by Gasteiger charge is -2.05. The van der Waals surface area contributed by atoms with Gasteiger partial charge in [0, 0.05) is 6.42 Å². The number of carbonyl (C=O) groups excluding carboxylic acids is 1. The zero-order valence-electron chi connectivity index (χ0n) is 5.74. The Kier molecular flexibility index (Phi) is 2.05. The summed E-state index contributed by atoms with van der Waals surface area (Å²) in [5.41, 5.74) is 0. The predicted molar refractivity (Wildman–Crippen MR) is 37.9 cm³/mol. The predicted octanol–water partition coefficient (Wildman–Crippen LogP) is -0.465. The SMILES string of the molecule is CCC1CC(=O)N(N)S1=O. The molecule has 0 radical (unpaired) electrons. The molecule has 0 saturated carbocycles. The molecule has 1 fully saturated rings. The summed E-state index contributed by atoms with van der Waals surface area (Å²) in [5.74, 6) is 4.95. The molecule has 10 heavy (non-hydrogen) atoms. The number of amides is 1. The molecule has 1 saturated heterocycles. The summed E-state index contributed by atoms with van der Waals surface area (Å²) in [4.78, 5) is 10.8. The van der Waals surface area contributed by atoms with Crippen molar-refractivity contribution in [1.29, 1.82) is 0 Å². The van der Waals surface area contributed by atoms with E-state index < -0.39 is 11.0 Å². The van der Waals surface area contributed by atoms with Crippen molar-refractivity contribution in [3.8, 4) is 0 Å². The normalized spacial score (nSPS) is 33.4. The first-order chi connectivity index (χ1) is 4.66. The molecule has 2 unspecified atom stereocenters. The summed E-state index contributed by atoms with van der Waals surface area (Å²) >= 11 is 0. The van der Waals surface area contributed by atoms with Gasteiger partial charge in [-0.2, -0.15) is 4.41 Å². The van der Waals surface area contributed by atoms with Crippen LogP contribution in [0.5, 0.6) is 0 Å². The quantitative estimate of drug-likeness (QED) is 0.419. The molecule has 0 aromatic heterocycles. The molecular weight excluding hydrogens is 152 g/mol. The van der Waals surface area contributed by atoms with Crippen molar-refractivity contribution in [2.75, 3.05) is 0 Å². The average Bonchev–Trinajstić information content (AvgIpc) is 2.17. The zero-order valence-corrected chi connectivity index (χ0v) is 6.56. The molecule has 0 bridgehead atoms. The van der Waals surface area contributed by atoms with E-state index in [1.165, 1.54) is 0 Å². The topological polar surface area (TPSA) is 63.4 Å². The van der Waals surface area contributed by atoms with Crippen molar-refractivity contribution in [3.63, 3.8) is 0 Å². The van der Waals surface area contributed by atoms with Crippen LogP contribution in [0.3, 0.4) is 0 Å². The van der Waals surface area contributed by atoms with Crippen LogP contribution in [0.2, 0.25) is 0 Å². The van der Waals surface area contributed by atoms with Gasteiger partial charge < -0.3 is 0 Å². The Morgan fingerprint density at radius 3 is 2.70 bits per heavy atom. The first-order valence-corrected chi connectivity index (χ1v) is 4.32. The zero-order chi connectivity index (χ0) is 7.72. The van der Waals surface area contributed by atoms with Crippen molar-refractivity contribution in [2.24, 2.45) is 5.84 Å². The van der Waals surface area contributed by atoms with Gasteiger partial charge in [-0.25, -0.2) is 10.1 Å². The number of nitrogens with zero attached hydrogens (tertiary/aromatic N) is 1. The van der Waals surface area contributed by atoms with Gasteiger partial charge in [0.05, 0.1) is 5.25 Å². The maximum Gasteiger partial charge on any atom is 0.250 e. The molecule has 0 aromatic carbocycles. The molecule has 2 N–H and O–H groups in total. The van der Waals surface area contributed by atoms with Crippen molar-refractivity contribution < 1.29 is 9.00 Å². The summed E-state index contributed by atoms with van der Waals surface area (Å²) in [6, 6.07) is 0. The van der Waals surface area contributed by atoms with E-state index >= 15 is 0 Å². The Hall–Kier alpha value is -0.420. The highest BCUT2D eigenvalue weighted by molar-refractivity contribution is 7.84. The molecule has 0 aliphatic carbocycles. The van der Waals surface area contributed by atoms with Crippen LogP contribution in [-0.4, -0.2) is 19.8 Å². The third-order valence-corrected chi connectivity index (χ3v) is 3.24. The van der Waals surface area contributed by atoms with E-state index in [4.69, 9.17) is 5.84 Å². The fourth-order valence-electron chi connectivity index (χ4n) is 0.904. The molecular formula is C5H10N2O2S. The monoisotopic (exact) mass is 162 g/mol. The first kappa shape index (κ1) is 7.68. The highest BCUT2D eigenvalue weighted by atomic mass is 32.2. The second-order valence-electron chi connectivity index (χ2n) is 2.23. The fourth-order valence-corrected chi connectivity index (χ4v) is 2.07. The lowest BCUT2D eigenvalue weighted by atomic mass is 10.2. The van der Waals surface area contributed by atoms with Gasteiger partial charge in [0.2, 0.25) is 5.91 Å². The largest absolute Gasteiger partial charge is 0.272 e. The average molecular weight is 162 g/mol. The molecule has 1 amide bonds. The number of hydrogen-bond donors (Lipinski definition) is 1. The number of hydrogen-bond acceptors (Lipinski definition) is 3. The molecule has 1 aliphatic heterocycles. The summed E-state index contributed by atoms with van der Waals surface area (Å²) < 4.78 is 11.9. The van der Waals surface area contributed by atoms with Crippen molar-refractivity contribution >= 4 is 16.9 Å². The fraction of sp³-hybridized carbons (Fsp3) is 0.800. The maximum atomic E-state index is 11.0. The summed E-state index contributed by atoms with van der Waals surface area (Å²) in [7, 11) is -1.27. The third kappa shape index (κ3) is 1.06. The van der Waals surface area contributed by atoms with Gasteiger partial charge in [0.25, 0.3) is 0 Å². The van der Waals surface area contributed by atoms with Gasteiger partial charge in [-0.05, 0) is 6.42 Å². The van der Waals surface area contributed by atoms with Crippen LogP contribution in [0.1, 0.15) is 19.8 Å². The molecule has 1 rings (SSSR count). The van der Waals surface area contributed by atoms with Gasteiger partial charge in [-0.3, -0.25) is 4.79 Å². The third-order valence-electron chi connectivity index (χ3n) is 1.58. The van der Waals surface area contributed by atoms with Gasteiger partial charge in [-0.1, -0.05) is 6.92 Å². The second-order valence-corrected chi connectivity index (χ2v) is 3.84. The summed E-state index contributed by atoms with van der Waals surface area (Å²) in [6.07, 6.45) is 1.08. The lowest BCUT2D eigenvalue weighted by Crippen LogP contribution is -2.33. The number of nitrogens with two attached hydrogens (primary N) is 1. The minimum absolute atomic E-state index is 0.0579. The molecule has 0 spiro atoms. The Labute approximate surface area is 61.9 Å². The van der Waals surface area contributed by atoms with Crippen molar-refractivity contribution in [3.05, 3.63) is 0 Å². The van der Waals surface area contributed by atoms with Gasteiger partial charge in [-0.15, -0.1) is 0 Å². The van der Waals surface area contributed by atoms with E-state index in [9.17, 15) is 9.00 Å². The Morgan fingerprint density at radius 2 is 2.50 bits per heavy atom. The van der Waals surface area contributed by atoms with E-state index in [0.717, 1.165) is 10.8 Å².